The van der Waals surface area contributed by atoms with E-state index >= 15 is 0 Å². The van der Waals surface area contributed by atoms with Crippen molar-refractivity contribution in [1.29, 1.82) is 5.26 Å². The highest BCUT2D eigenvalue weighted by Gasteiger charge is 2.33. The number of benzene rings is 1. The topological polar surface area (TPSA) is 84.2 Å². The van der Waals surface area contributed by atoms with Crippen LogP contribution in [0.15, 0.2) is 24.3 Å². The number of carbonyl (C=O) groups is 3. The van der Waals surface area contributed by atoms with Crippen LogP contribution in [0.25, 0.3) is 0 Å². The van der Waals surface area contributed by atoms with Gasteiger partial charge in [0, 0.05) is 5.56 Å². The van der Waals surface area contributed by atoms with Crippen LogP contribution in [0, 0.1) is 17.2 Å². The molecule has 1 rings (SSSR count). The first-order chi connectivity index (χ1) is 9.01. The lowest BCUT2D eigenvalue weighted by atomic mass is 9.94. The normalized spacial score (nSPS) is 11.2. The first-order valence-corrected chi connectivity index (χ1v) is 5.72. The molecular formula is C14H13NO4. The summed E-state index contributed by atoms with van der Waals surface area (Å²) in [6, 6.07) is 7.65. The maximum atomic E-state index is 12.1. The van der Waals surface area contributed by atoms with Crippen LogP contribution in [-0.2, 0) is 14.3 Å². The highest BCUT2D eigenvalue weighted by Crippen LogP contribution is 2.13. The summed E-state index contributed by atoms with van der Waals surface area (Å²) >= 11 is 0. The number of carbonyl (C=O) groups excluding carboxylic acids is 3. The van der Waals surface area contributed by atoms with E-state index in [1.54, 1.807) is 6.92 Å². The maximum absolute atomic E-state index is 12.1. The van der Waals surface area contributed by atoms with E-state index in [4.69, 9.17) is 10.00 Å². The van der Waals surface area contributed by atoms with Gasteiger partial charge in [-0.2, -0.15) is 5.26 Å². The third kappa shape index (κ3) is 3.49. The lowest BCUT2D eigenvalue weighted by molar-refractivity contribution is -0.148. The Morgan fingerprint density at radius 3 is 2.26 bits per heavy atom. The number of nitrogens with zero attached hydrogens (tertiary/aromatic N) is 1. The predicted octanol–water partition coefficient (Wildman–Crippen LogP) is 1.51. The molecule has 1 atom stereocenters. The van der Waals surface area contributed by atoms with E-state index in [1.165, 1.54) is 31.2 Å². The first-order valence-electron chi connectivity index (χ1n) is 5.72. The number of ketones is 2. The zero-order chi connectivity index (χ0) is 14.4. The molecule has 0 saturated carbocycles. The van der Waals surface area contributed by atoms with Crippen molar-refractivity contribution in [2.24, 2.45) is 5.92 Å². The SMILES string of the molecule is CCOC(=O)C(C(C)=O)C(=O)c1ccc(C#N)cc1. The van der Waals surface area contributed by atoms with Gasteiger partial charge in [-0.1, -0.05) is 12.1 Å². The number of ether oxygens (including phenoxy) is 1. The van der Waals surface area contributed by atoms with Crippen LogP contribution in [-0.4, -0.2) is 24.1 Å². The second kappa shape index (κ2) is 6.45. The molecule has 0 N–H and O–H groups in total. The monoisotopic (exact) mass is 259 g/mol. The number of Topliss-reactive ketones (excluding diaryl/α,β-unsaturated/α-hetero) is 2. The maximum Gasteiger partial charge on any atom is 0.324 e. The summed E-state index contributed by atoms with van der Waals surface area (Å²) in [6.07, 6.45) is 0. The summed E-state index contributed by atoms with van der Waals surface area (Å²) in [5.74, 6) is -3.46. The van der Waals surface area contributed by atoms with Crippen LogP contribution in [0.4, 0.5) is 0 Å². The smallest absolute Gasteiger partial charge is 0.324 e. The third-order valence-corrected chi connectivity index (χ3v) is 2.49. The zero-order valence-electron chi connectivity index (χ0n) is 10.7. The van der Waals surface area contributed by atoms with Gasteiger partial charge in [-0.25, -0.2) is 0 Å². The summed E-state index contributed by atoms with van der Waals surface area (Å²) in [4.78, 5) is 35.1. The minimum atomic E-state index is -1.44. The molecule has 0 aliphatic carbocycles. The van der Waals surface area contributed by atoms with Gasteiger partial charge in [0.2, 0.25) is 0 Å². The first kappa shape index (κ1) is 14.6. The standard InChI is InChI=1S/C14H13NO4/c1-3-19-14(18)12(9(2)16)13(17)11-6-4-10(8-15)5-7-11/h4-7,12H,3H2,1-2H3. The van der Waals surface area contributed by atoms with Crippen molar-refractivity contribution in [2.45, 2.75) is 13.8 Å². The van der Waals surface area contributed by atoms with Crippen LogP contribution in [0.5, 0.6) is 0 Å². The molecule has 0 aromatic heterocycles. The van der Waals surface area contributed by atoms with Crippen molar-refractivity contribution in [3.8, 4) is 6.07 Å². The number of hydrogen-bond donors (Lipinski definition) is 0. The van der Waals surface area contributed by atoms with Crippen molar-refractivity contribution < 1.29 is 19.1 Å². The fraction of sp³-hybridized carbons (Fsp3) is 0.286. The van der Waals surface area contributed by atoms with Crippen molar-refractivity contribution >= 4 is 17.5 Å². The fourth-order valence-electron chi connectivity index (χ4n) is 1.56. The van der Waals surface area contributed by atoms with Gasteiger partial charge in [0.05, 0.1) is 18.2 Å². The van der Waals surface area contributed by atoms with Gasteiger partial charge in [-0.15, -0.1) is 0 Å². The number of esters is 1. The molecular weight excluding hydrogens is 246 g/mol. The lowest BCUT2D eigenvalue weighted by Crippen LogP contribution is -2.32. The molecule has 1 aromatic rings. The largest absolute Gasteiger partial charge is 0.465 e. The van der Waals surface area contributed by atoms with Gasteiger partial charge in [0.25, 0.3) is 0 Å². The molecule has 5 heteroatoms. The molecule has 0 bridgehead atoms. The Balaban J connectivity index is 3.03. The van der Waals surface area contributed by atoms with Crippen LogP contribution in [0.1, 0.15) is 29.8 Å². The van der Waals surface area contributed by atoms with Crippen LogP contribution in [0.2, 0.25) is 0 Å². The molecule has 19 heavy (non-hydrogen) atoms. The van der Waals surface area contributed by atoms with Gasteiger partial charge < -0.3 is 4.74 Å². The number of hydrogen-bond acceptors (Lipinski definition) is 5. The van der Waals surface area contributed by atoms with Crippen molar-refractivity contribution in [3.63, 3.8) is 0 Å². The molecule has 0 amide bonds. The molecule has 1 aromatic carbocycles. The van der Waals surface area contributed by atoms with Crippen LogP contribution in [0.3, 0.4) is 0 Å². The van der Waals surface area contributed by atoms with E-state index in [2.05, 4.69) is 0 Å². The molecule has 0 heterocycles. The Hall–Kier alpha value is -2.48. The Bertz CT molecular complexity index is 540. The minimum Gasteiger partial charge on any atom is -0.465 e. The molecule has 0 radical (unpaired) electrons. The molecule has 0 aliphatic rings. The summed E-state index contributed by atoms with van der Waals surface area (Å²) < 4.78 is 4.72. The average Bonchev–Trinajstić information content (AvgIpc) is 2.38. The molecule has 0 saturated heterocycles. The van der Waals surface area contributed by atoms with E-state index in [1.807, 2.05) is 6.07 Å². The molecule has 0 fully saturated rings. The quantitative estimate of drug-likeness (QED) is 0.454. The van der Waals surface area contributed by atoms with Gasteiger partial charge in [0.15, 0.2) is 17.5 Å². The van der Waals surface area contributed by atoms with Crippen LogP contribution < -0.4 is 0 Å². The van der Waals surface area contributed by atoms with Crippen LogP contribution >= 0.6 is 0 Å². The summed E-state index contributed by atoms with van der Waals surface area (Å²) in [5.41, 5.74) is 0.597. The lowest BCUT2D eigenvalue weighted by Gasteiger charge is -2.11. The average molecular weight is 259 g/mol. The summed E-state index contributed by atoms with van der Waals surface area (Å²) in [6.45, 7) is 2.87. The predicted molar refractivity (Wildman–Crippen MR) is 66.3 cm³/mol. The van der Waals surface area contributed by atoms with E-state index in [9.17, 15) is 14.4 Å². The zero-order valence-corrected chi connectivity index (χ0v) is 10.7. The fourth-order valence-corrected chi connectivity index (χ4v) is 1.56. The number of nitriles is 1. The van der Waals surface area contributed by atoms with Crippen molar-refractivity contribution in [3.05, 3.63) is 35.4 Å². The minimum absolute atomic E-state index is 0.100. The molecule has 98 valence electrons. The van der Waals surface area contributed by atoms with E-state index in [0.717, 1.165) is 0 Å². The van der Waals surface area contributed by atoms with Crippen molar-refractivity contribution in [2.75, 3.05) is 6.61 Å². The molecule has 1 unspecified atom stereocenters. The third-order valence-electron chi connectivity index (χ3n) is 2.49. The number of rotatable bonds is 5. The van der Waals surface area contributed by atoms with E-state index < -0.39 is 23.5 Å². The molecule has 5 nitrogen and oxygen atoms in total. The van der Waals surface area contributed by atoms with Gasteiger partial charge in [-0.3, -0.25) is 14.4 Å². The van der Waals surface area contributed by atoms with Crippen molar-refractivity contribution in [1.82, 2.24) is 0 Å². The van der Waals surface area contributed by atoms with Gasteiger partial charge in [-0.05, 0) is 26.0 Å². The Morgan fingerprint density at radius 2 is 1.84 bits per heavy atom. The Labute approximate surface area is 110 Å². The van der Waals surface area contributed by atoms with Gasteiger partial charge >= 0.3 is 5.97 Å². The van der Waals surface area contributed by atoms with E-state index in [-0.39, 0.29) is 12.2 Å². The highest BCUT2D eigenvalue weighted by atomic mass is 16.5. The van der Waals surface area contributed by atoms with E-state index in [0.29, 0.717) is 5.56 Å². The summed E-state index contributed by atoms with van der Waals surface area (Å²) in [5, 5.41) is 8.66. The second-order valence-electron chi connectivity index (χ2n) is 3.85. The molecule has 0 spiro atoms. The summed E-state index contributed by atoms with van der Waals surface area (Å²) in [7, 11) is 0. The highest BCUT2D eigenvalue weighted by molar-refractivity contribution is 6.22. The Kier molecular flexibility index (Phi) is 4.95. The van der Waals surface area contributed by atoms with Gasteiger partial charge in [0.1, 0.15) is 0 Å². The Morgan fingerprint density at radius 1 is 1.26 bits per heavy atom. The second-order valence-corrected chi connectivity index (χ2v) is 3.85. The molecule has 0 aliphatic heterocycles.